The van der Waals surface area contributed by atoms with Crippen molar-refractivity contribution in [3.8, 4) is 0 Å². The zero-order chi connectivity index (χ0) is 17.5. The number of ether oxygens (including phenoxy) is 1. The summed E-state index contributed by atoms with van der Waals surface area (Å²) in [5.74, 6) is 0.117. The summed E-state index contributed by atoms with van der Waals surface area (Å²) in [6.45, 7) is 6.48. The van der Waals surface area contributed by atoms with E-state index in [1.54, 1.807) is 12.1 Å². The largest absolute Gasteiger partial charge is 0.457 e. The van der Waals surface area contributed by atoms with Gasteiger partial charge in [-0.05, 0) is 48.6 Å². The van der Waals surface area contributed by atoms with Gasteiger partial charge in [0.15, 0.2) is 0 Å². The van der Waals surface area contributed by atoms with E-state index in [4.69, 9.17) is 10.5 Å². The molecule has 0 atom stereocenters. The minimum Gasteiger partial charge on any atom is -0.457 e. The van der Waals surface area contributed by atoms with Crippen molar-refractivity contribution in [2.24, 2.45) is 5.92 Å². The quantitative estimate of drug-likeness (QED) is 0.474. The fraction of sp³-hybridized carbons (Fsp3) is 0.286. The van der Waals surface area contributed by atoms with E-state index >= 15 is 0 Å². The van der Waals surface area contributed by atoms with Crippen LogP contribution in [-0.2, 0) is 16.1 Å². The van der Waals surface area contributed by atoms with Crippen molar-refractivity contribution in [1.29, 1.82) is 0 Å². The molecule has 0 amide bonds. The molecule has 2 aromatic carbocycles. The molecular formula is C21H25NO2. The van der Waals surface area contributed by atoms with Crippen molar-refractivity contribution >= 4 is 17.7 Å². The number of carbonyl (C=O) groups is 1. The van der Waals surface area contributed by atoms with Crippen LogP contribution in [0, 0.1) is 12.8 Å². The number of benzene rings is 2. The Bertz CT molecular complexity index is 698. The number of hydrogen-bond donors (Lipinski definition) is 1. The van der Waals surface area contributed by atoms with E-state index in [0.29, 0.717) is 23.6 Å². The van der Waals surface area contributed by atoms with Crippen LogP contribution in [0.5, 0.6) is 0 Å². The van der Waals surface area contributed by atoms with Crippen LogP contribution in [0.1, 0.15) is 37.0 Å². The van der Waals surface area contributed by atoms with Crippen LogP contribution < -0.4 is 5.73 Å². The molecule has 0 aliphatic heterocycles. The molecule has 0 saturated heterocycles. The number of nitrogen functional groups attached to an aromatic ring is 1. The summed E-state index contributed by atoms with van der Waals surface area (Å²) in [5.41, 5.74) is 10.2. The van der Waals surface area contributed by atoms with Gasteiger partial charge in [0.1, 0.15) is 6.61 Å². The molecule has 3 nitrogen and oxygen atoms in total. The topological polar surface area (TPSA) is 52.3 Å². The van der Waals surface area contributed by atoms with Crippen LogP contribution in [0.15, 0.2) is 54.1 Å². The summed E-state index contributed by atoms with van der Waals surface area (Å²) in [5, 5.41) is 0. The lowest BCUT2D eigenvalue weighted by Gasteiger charge is -2.11. The average Bonchev–Trinajstić information content (AvgIpc) is 2.55. The number of esters is 1. The molecule has 2 aromatic rings. The molecule has 0 unspecified atom stereocenters. The van der Waals surface area contributed by atoms with Gasteiger partial charge in [-0.1, -0.05) is 55.8 Å². The van der Waals surface area contributed by atoms with Gasteiger partial charge < -0.3 is 10.5 Å². The van der Waals surface area contributed by atoms with Crippen LogP contribution in [-0.4, -0.2) is 5.97 Å². The fourth-order valence-corrected chi connectivity index (χ4v) is 2.36. The second-order valence-electron chi connectivity index (χ2n) is 6.50. The number of rotatable bonds is 6. The van der Waals surface area contributed by atoms with Gasteiger partial charge in [0.05, 0.1) is 0 Å². The number of nitrogens with two attached hydrogens (primary N) is 1. The Morgan fingerprint density at radius 2 is 1.71 bits per heavy atom. The molecule has 126 valence electrons. The molecule has 0 aliphatic carbocycles. The zero-order valence-corrected chi connectivity index (χ0v) is 14.6. The molecule has 2 N–H and O–H groups in total. The van der Waals surface area contributed by atoms with Crippen molar-refractivity contribution in [2.75, 3.05) is 5.73 Å². The lowest BCUT2D eigenvalue weighted by atomic mass is 10.0. The summed E-state index contributed by atoms with van der Waals surface area (Å²) in [6.07, 6.45) is 2.61. The van der Waals surface area contributed by atoms with Crippen LogP contribution in [0.3, 0.4) is 0 Å². The zero-order valence-electron chi connectivity index (χ0n) is 14.6. The maximum atomic E-state index is 12.5. The van der Waals surface area contributed by atoms with Gasteiger partial charge in [-0.2, -0.15) is 0 Å². The van der Waals surface area contributed by atoms with E-state index in [1.807, 2.05) is 49.4 Å². The SMILES string of the molecule is Cc1ccc(/C=C(/CC(C)C)C(=O)OCc2ccc(N)cc2)cc1. The third-order valence-electron chi connectivity index (χ3n) is 3.66. The molecule has 0 bridgehead atoms. The first-order valence-corrected chi connectivity index (χ1v) is 8.23. The minimum absolute atomic E-state index is 0.252. The highest BCUT2D eigenvalue weighted by Crippen LogP contribution is 2.18. The van der Waals surface area contributed by atoms with E-state index in [-0.39, 0.29) is 12.6 Å². The van der Waals surface area contributed by atoms with Crippen molar-refractivity contribution in [3.05, 3.63) is 70.8 Å². The van der Waals surface area contributed by atoms with Crippen molar-refractivity contribution in [1.82, 2.24) is 0 Å². The first-order chi connectivity index (χ1) is 11.4. The number of hydrogen-bond acceptors (Lipinski definition) is 3. The molecule has 0 heterocycles. The summed E-state index contributed by atoms with van der Waals surface area (Å²) in [6, 6.07) is 15.5. The summed E-state index contributed by atoms with van der Waals surface area (Å²) in [4.78, 5) is 12.5. The summed E-state index contributed by atoms with van der Waals surface area (Å²) in [7, 11) is 0. The molecule has 0 aliphatic rings. The second-order valence-corrected chi connectivity index (χ2v) is 6.50. The van der Waals surface area contributed by atoms with E-state index in [0.717, 1.165) is 11.1 Å². The Balaban J connectivity index is 2.09. The van der Waals surface area contributed by atoms with E-state index in [2.05, 4.69) is 13.8 Å². The first kappa shape index (κ1) is 17.8. The summed E-state index contributed by atoms with van der Waals surface area (Å²) >= 11 is 0. The number of aryl methyl sites for hydroxylation is 1. The Hall–Kier alpha value is -2.55. The molecule has 2 rings (SSSR count). The van der Waals surface area contributed by atoms with Crippen molar-refractivity contribution in [3.63, 3.8) is 0 Å². The normalized spacial score (nSPS) is 11.6. The second kappa shape index (κ2) is 8.34. The van der Waals surface area contributed by atoms with Gasteiger partial charge in [-0.3, -0.25) is 0 Å². The van der Waals surface area contributed by atoms with Crippen LogP contribution in [0.4, 0.5) is 5.69 Å². The Labute approximate surface area is 144 Å². The highest BCUT2D eigenvalue weighted by molar-refractivity contribution is 5.93. The average molecular weight is 323 g/mol. The monoisotopic (exact) mass is 323 g/mol. The lowest BCUT2D eigenvalue weighted by molar-refractivity contribution is -0.140. The molecule has 0 radical (unpaired) electrons. The van der Waals surface area contributed by atoms with E-state index in [9.17, 15) is 4.79 Å². The minimum atomic E-state index is -0.263. The maximum absolute atomic E-state index is 12.5. The highest BCUT2D eigenvalue weighted by Gasteiger charge is 2.13. The third-order valence-corrected chi connectivity index (χ3v) is 3.66. The van der Waals surface area contributed by atoms with Crippen molar-refractivity contribution < 1.29 is 9.53 Å². The van der Waals surface area contributed by atoms with Crippen molar-refractivity contribution in [2.45, 2.75) is 33.8 Å². The number of anilines is 1. The molecule has 0 fully saturated rings. The van der Waals surface area contributed by atoms with Crippen LogP contribution >= 0.6 is 0 Å². The summed E-state index contributed by atoms with van der Waals surface area (Å²) < 4.78 is 5.48. The van der Waals surface area contributed by atoms with Gasteiger partial charge in [0, 0.05) is 11.3 Å². The molecule has 0 spiro atoms. The molecule has 0 saturated carbocycles. The van der Waals surface area contributed by atoms with E-state index < -0.39 is 0 Å². The smallest absolute Gasteiger partial charge is 0.334 e. The third kappa shape index (κ3) is 5.58. The Morgan fingerprint density at radius 3 is 2.29 bits per heavy atom. The molecule has 3 heteroatoms. The van der Waals surface area contributed by atoms with Gasteiger partial charge >= 0.3 is 5.97 Å². The predicted molar refractivity (Wildman–Crippen MR) is 99.3 cm³/mol. The molecule has 24 heavy (non-hydrogen) atoms. The maximum Gasteiger partial charge on any atom is 0.334 e. The first-order valence-electron chi connectivity index (χ1n) is 8.23. The van der Waals surface area contributed by atoms with Gasteiger partial charge in [-0.25, -0.2) is 4.79 Å². The van der Waals surface area contributed by atoms with Gasteiger partial charge in [-0.15, -0.1) is 0 Å². The van der Waals surface area contributed by atoms with E-state index in [1.165, 1.54) is 5.56 Å². The lowest BCUT2D eigenvalue weighted by Crippen LogP contribution is -2.10. The molecule has 0 aromatic heterocycles. The van der Waals surface area contributed by atoms with Crippen LogP contribution in [0.2, 0.25) is 0 Å². The predicted octanol–water partition coefficient (Wildman–Crippen LogP) is 4.75. The Morgan fingerprint density at radius 1 is 1.08 bits per heavy atom. The number of carbonyl (C=O) groups excluding carboxylic acids is 1. The standard InChI is InChI=1S/C21H25NO2/c1-15(2)12-19(13-17-6-4-16(3)5-7-17)21(23)24-14-18-8-10-20(22)11-9-18/h4-11,13,15H,12,14,22H2,1-3H3/b19-13-. The Kier molecular flexibility index (Phi) is 6.19. The highest BCUT2D eigenvalue weighted by atomic mass is 16.5. The van der Waals surface area contributed by atoms with Gasteiger partial charge in [0.25, 0.3) is 0 Å². The van der Waals surface area contributed by atoms with Gasteiger partial charge in [0.2, 0.25) is 0 Å². The van der Waals surface area contributed by atoms with Crippen LogP contribution in [0.25, 0.3) is 6.08 Å². The molecular weight excluding hydrogens is 298 g/mol. The fourth-order valence-electron chi connectivity index (χ4n) is 2.36.